The van der Waals surface area contributed by atoms with Gasteiger partial charge in [0.1, 0.15) is 0 Å². The summed E-state index contributed by atoms with van der Waals surface area (Å²) in [6, 6.07) is 11.2. The van der Waals surface area contributed by atoms with Crippen molar-refractivity contribution >= 4 is 10.9 Å². The van der Waals surface area contributed by atoms with Gasteiger partial charge < -0.3 is 10.4 Å². The monoisotopic (exact) mass is 270 g/mol. The highest BCUT2D eigenvalue weighted by molar-refractivity contribution is 5.79. The fourth-order valence-corrected chi connectivity index (χ4v) is 2.93. The predicted molar refractivity (Wildman–Crippen MR) is 81.6 cm³/mol. The van der Waals surface area contributed by atoms with Crippen LogP contribution in [0.1, 0.15) is 36.9 Å². The van der Waals surface area contributed by atoms with Crippen LogP contribution in [0.15, 0.2) is 30.3 Å². The predicted octanol–water partition coefficient (Wildman–Crippen LogP) is 2.94. The maximum atomic E-state index is 9.52. The highest BCUT2D eigenvalue weighted by Crippen LogP contribution is 2.19. The molecule has 3 nitrogen and oxygen atoms in total. The molecule has 0 unspecified atom stereocenters. The summed E-state index contributed by atoms with van der Waals surface area (Å²) in [6.45, 7) is 2.91. The Balaban J connectivity index is 1.64. The molecule has 2 aromatic rings. The second kappa shape index (κ2) is 5.90. The number of aromatic nitrogens is 1. The summed E-state index contributed by atoms with van der Waals surface area (Å²) in [5.41, 5.74) is 3.42. The molecule has 0 bridgehead atoms. The zero-order chi connectivity index (χ0) is 13.9. The Kier molecular flexibility index (Phi) is 3.99. The molecule has 1 aromatic heterocycles. The molecule has 3 heteroatoms. The number of pyridine rings is 1. The van der Waals surface area contributed by atoms with Gasteiger partial charge >= 0.3 is 0 Å². The van der Waals surface area contributed by atoms with E-state index in [0.29, 0.717) is 6.04 Å². The molecule has 2 N–H and O–H groups in total. The Morgan fingerprint density at radius 1 is 1.15 bits per heavy atom. The Morgan fingerprint density at radius 2 is 1.95 bits per heavy atom. The van der Waals surface area contributed by atoms with Crippen molar-refractivity contribution in [3.8, 4) is 0 Å². The normalized spacial score (nSPS) is 23.1. The van der Waals surface area contributed by atoms with E-state index in [0.717, 1.165) is 43.4 Å². The largest absolute Gasteiger partial charge is 0.393 e. The number of nitrogens with zero attached hydrogens (tertiary/aromatic N) is 1. The quantitative estimate of drug-likeness (QED) is 0.901. The van der Waals surface area contributed by atoms with Crippen LogP contribution in [0.3, 0.4) is 0 Å². The lowest BCUT2D eigenvalue weighted by Gasteiger charge is -2.26. The van der Waals surface area contributed by atoms with E-state index in [1.807, 2.05) is 6.92 Å². The number of fused-ring (bicyclic) bond motifs is 1. The number of benzene rings is 1. The van der Waals surface area contributed by atoms with Gasteiger partial charge in [-0.2, -0.15) is 0 Å². The maximum absolute atomic E-state index is 9.52. The van der Waals surface area contributed by atoms with E-state index >= 15 is 0 Å². The van der Waals surface area contributed by atoms with Gasteiger partial charge in [0.15, 0.2) is 0 Å². The number of aliphatic hydroxyl groups is 1. The molecule has 0 radical (unpaired) electrons. The van der Waals surface area contributed by atoms with E-state index in [4.69, 9.17) is 0 Å². The molecular weight excluding hydrogens is 248 g/mol. The van der Waals surface area contributed by atoms with Crippen molar-refractivity contribution in [3.05, 3.63) is 41.6 Å². The smallest absolute Gasteiger partial charge is 0.0705 e. The van der Waals surface area contributed by atoms with Crippen molar-refractivity contribution in [1.29, 1.82) is 0 Å². The first-order chi connectivity index (χ1) is 9.70. The van der Waals surface area contributed by atoms with E-state index in [1.54, 1.807) is 0 Å². The fraction of sp³-hybridized carbons (Fsp3) is 0.471. The van der Waals surface area contributed by atoms with Gasteiger partial charge in [-0.05, 0) is 56.4 Å². The first-order valence-electron chi connectivity index (χ1n) is 7.48. The van der Waals surface area contributed by atoms with Crippen molar-refractivity contribution in [2.24, 2.45) is 0 Å². The highest BCUT2D eigenvalue weighted by atomic mass is 16.3. The molecule has 0 amide bonds. The van der Waals surface area contributed by atoms with E-state index in [-0.39, 0.29) is 6.10 Å². The molecule has 1 aliphatic carbocycles. The zero-order valence-electron chi connectivity index (χ0n) is 12.0. The number of nitrogens with one attached hydrogen (secondary N) is 1. The molecule has 1 saturated carbocycles. The molecule has 1 aliphatic rings. The zero-order valence-corrected chi connectivity index (χ0v) is 12.0. The van der Waals surface area contributed by atoms with E-state index in [1.165, 1.54) is 10.9 Å². The van der Waals surface area contributed by atoms with Crippen molar-refractivity contribution < 1.29 is 5.11 Å². The van der Waals surface area contributed by atoms with Crippen molar-refractivity contribution in [2.45, 2.75) is 51.3 Å². The summed E-state index contributed by atoms with van der Waals surface area (Å²) in [5.74, 6) is 0. The average Bonchev–Trinajstić information content (AvgIpc) is 2.46. The Morgan fingerprint density at radius 3 is 2.75 bits per heavy atom. The van der Waals surface area contributed by atoms with Crippen LogP contribution >= 0.6 is 0 Å². The van der Waals surface area contributed by atoms with Gasteiger partial charge in [-0.1, -0.05) is 12.1 Å². The first-order valence-corrected chi connectivity index (χ1v) is 7.48. The third kappa shape index (κ3) is 3.17. The summed E-state index contributed by atoms with van der Waals surface area (Å²) in [4.78, 5) is 4.53. The molecule has 1 fully saturated rings. The first kappa shape index (κ1) is 13.5. The SMILES string of the molecule is Cc1ccc2cc(CNC3CCC(O)CC3)ccc2n1. The number of aryl methyl sites for hydroxylation is 1. The second-order valence-electron chi connectivity index (χ2n) is 5.87. The van der Waals surface area contributed by atoms with E-state index in [9.17, 15) is 5.11 Å². The fourth-order valence-electron chi connectivity index (χ4n) is 2.93. The van der Waals surface area contributed by atoms with Crippen molar-refractivity contribution in [2.75, 3.05) is 0 Å². The van der Waals surface area contributed by atoms with Crippen LogP contribution in [-0.4, -0.2) is 22.2 Å². The lowest BCUT2D eigenvalue weighted by molar-refractivity contribution is 0.116. The standard InChI is InChI=1S/C17H22N2O/c1-12-2-4-14-10-13(3-9-17(14)19-12)11-18-15-5-7-16(20)8-6-15/h2-4,9-10,15-16,18,20H,5-8,11H2,1H3. The van der Waals surface area contributed by atoms with Gasteiger partial charge in [0.2, 0.25) is 0 Å². The molecule has 1 heterocycles. The number of aliphatic hydroxyl groups excluding tert-OH is 1. The topological polar surface area (TPSA) is 45.1 Å². The van der Waals surface area contributed by atoms with E-state index < -0.39 is 0 Å². The Hall–Kier alpha value is -1.45. The van der Waals surface area contributed by atoms with Gasteiger partial charge in [-0.25, -0.2) is 0 Å². The third-order valence-corrected chi connectivity index (χ3v) is 4.18. The van der Waals surface area contributed by atoms with Crippen LogP contribution in [0.4, 0.5) is 0 Å². The van der Waals surface area contributed by atoms with Crippen LogP contribution in [0, 0.1) is 6.92 Å². The average molecular weight is 270 g/mol. The minimum atomic E-state index is -0.0805. The minimum Gasteiger partial charge on any atom is -0.393 e. The van der Waals surface area contributed by atoms with Gasteiger partial charge in [0, 0.05) is 23.7 Å². The highest BCUT2D eigenvalue weighted by Gasteiger charge is 2.18. The van der Waals surface area contributed by atoms with Gasteiger partial charge in [0.25, 0.3) is 0 Å². The molecule has 0 saturated heterocycles. The summed E-state index contributed by atoms with van der Waals surface area (Å²) in [6.07, 6.45) is 3.94. The van der Waals surface area contributed by atoms with Crippen LogP contribution < -0.4 is 5.32 Å². The molecule has 0 atom stereocenters. The molecule has 1 aromatic carbocycles. The summed E-state index contributed by atoms with van der Waals surface area (Å²) in [7, 11) is 0. The molecule has 0 spiro atoms. The van der Waals surface area contributed by atoms with Crippen LogP contribution in [0.5, 0.6) is 0 Å². The van der Waals surface area contributed by atoms with Crippen LogP contribution in [0.2, 0.25) is 0 Å². The van der Waals surface area contributed by atoms with Crippen LogP contribution in [-0.2, 0) is 6.54 Å². The lowest BCUT2D eigenvalue weighted by atomic mass is 9.93. The maximum Gasteiger partial charge on any atom is 0.0705 e. The molecule has 0 aliphatic heterocycles. The third-order valence-electron chi connectivity index (χ3n) is 4.18. The summed E-state index contributed by atoms with van der Waals surface area (Å²) in [5, 5.41) is 14.3. The minimum absolute atomic E-state index is 0.0805. The molecule has 106 valence electrons. The van der Waals surface area contributed by atoms with Crippen LogP contribution in [0.25, 0.3) is 10.9 Å². The molecular formula is C17H22N2O. The Bertz CT molecular complexity index is 589. The Labute approximate surface area is 120 Å². The van der Waals surface area contributed by atoms with Gasteiger partial charge in [-0.15, -0.1) is 0 Å². The van der Waals surface area contributed by atoms with Gasteiger partial charge in [-0.3, -0.25) is 4.98 Å². The van der Waals surface area contributed by atoms with E-state index in [2.05, 4.69) is 40.6 Å². The summed E-state index contributed by atoms with van der Waals surface area (Å²) >= 11 is 0. The number of hydrogen-bond acceptors (Lipinski definition) is 3. The lowest BCUT2D eigenvalue weighted by Crippen LogP contribution is -2.34. The molecule has 3 rings (SSSR count). The second-order valence-corrected chi connectivity index (χ2v) is 5.87. The summed E-state index contributed by atoms with van der Waals surface area (Å²) < 4.78 is 0. The van der Waals surface area contributed by atoms with Gasteiger partial charge in [0.05, 0.1) is 11.6 Å². The number of rotatable bonds is 3. The number of hydrogen-bond donors (Lipinski definition) is 2. The van der Waals surface area contributed by atoms with Crippen molar-refractivity contribution in [3.63, 3.8) is 0 Å². The van der Waals surface area contributed by atoms with Crippen molar-refractivity contribution in [1.82, 2.24) is 10.3 Å². The molecule has 20 heavy (non-hydrogen) atoms.